The van der Waals surface area contributed by atoms with E-state index in [0.29, 0.717) is 17.7 Å². The standard InChI is InChI=1S/C21H17BrN2O3/c22-19-6-1-2-7-20(19)27-14-15-8-10-17(11-9-15)21(26)24-23-13-16-4-3-5-18(25)12-16/h1-13,25H,14H2,(H,24,26)/b23-13-. The van der Waals surface area contributed by atoms with E-state index in [9.17, 15) is 9.90 Å². The fourth-order valence-corrected chi connectivity index (χ4v) is 2.71. The number of hydrogen-bond donors (Lipinski definition) is 2. The highest BCUT2D eigenvalue weighted by Crippen LogP contribution is 2.24. The van der Waals surface area contributed by atoms with Crippen LogP contribution in [-0.2, 0) is 6.61 Å². The SMILES string of the molecule is O=C(N/N=C\c1cccc(O)c1)c1ccc(COc2ccccc2Br)cc1. The predicted octanol–water partition coefficient (Wildman–Crippen LogP) is 4.50. The van der Waals surface area contributed by atoms with Gasteiger partial charge in [-0.25, -0.2) is 5.43 Å². The first-order chi connectivity index (χ1) is 13.1. The van der Waals surface area contributed by atoms with Gasteiger partial charge >= 0.3 is 0 Å². The van der Waals surface area contributed by atoms with Crippen molar-refractivity contribution in [3.05, 3.63) is 94.0 Å². The van der Waals surface area contributed by atoms with E-state index in [-0.39, 0.29) is 11.7 Å². The maximum Gasteiger partial charge on any atom is 0.271 e. The summed E-state index contributed by atoms with van der Waals surface area (Å²) >= 11 is 3.44. The topological polar surface area (TPSA) is 70.9 Å². The van der Waals surface area contributed by atoms with Crippen molar-refractivity contribution in [3.8, 4) is 11.5 Å². The van der Waals surface area contributed by atoms with Crippen LogP contribution in [0.4, 0.5) is 0 Å². The molecule has 0 aromatic heterocycles. The summed E-state index contributed by atoms with van der Waals surface area (Å²) in [4.78, 5) is 12.1. The molecular weight excluding hydrogens is 408 g/mol. The Morgan fingerprint density at radius 2 is 1.85 bits per heavy atom. The number of hydrogen-bond acceptors (Lipinski definition) is 4. The molecule has 0 bridgehead atoms. The van der Waals surface area contributed by atoms with Crippen molar-refractivity contribution in [2.75, 3.05) is 0 Å². The van der Waals surface area contributed by atoms with E-state index in [4.69, 9.17) is 4.74 Å². The molecule has 0 saturated carbocycles. The van der Waals surface area contributed by atoms with E-state index in [1.165, 1.54) is 6.21 Å². The van der Waals surface area contributed by atoms with E-state index in [1.54, 1.807) is 36.4 Å². The lowest BCUT2D eigenvalue weighted by atomic mass is 10.1. The monoisotopic (exact) mass is 424 g/mol. The van der Waals surface area contributed by atoms with Crippen LogP contribution in [0.15, 0.2) is 82.4 Å². The summed E-state index contributed by atoms with van der Waals surface area (Å²) in [5, 5.41) is 13.3. The molecule has 3 aromatic rings. The lowest BCUT2D eigenvalue weighted by Gasteiger charge is -2.08. The van der Waals surface area contributed by atoms with Gasteiger partial charge in [0.2, 0.25) is 0 Å². The van der Waals surface area contributed by atoms with Crippen molar-refractivity contribution in [2.24, 2.45) is 5.10 Å². The summed E-state index contributed by atoms with van der Waals surface area (Å²) in [6, 6.07) is 21.3. The molecule has 0 aliphatic carbocycles. The molecule has 0 spiro atoms. The summed E-state index contributed by atoms with van der Waals surface area (Å²) < 4.78 is 6.65. The Kier molecular flexibility index (Phi) is 6.22. The Balaban J connectivity index is 1.55. The van der Waals surface area contributed by atoms with E-state index in [2.05, 4.69) is 26.5 Å². The Morgan fingerprint density at radius 3 is 2.59 bits per heavy atom. The molecule has 3 rings (SSSR count). The van der Waals surface area contributed by atoms with E-state index in [1.807, 2.05) is 36.4 Å². The average Bonchev–Trinajstić information content (AvgIpc) is 2.68. The van der Waals surface area contributed by atoms with Crippen LogP contribution in [0.2, 0.25) is 0 Å². The van der Waals surface area contributed by atoms with Crippen LogP contribution in [-0.4, -0.2) is 17.2 Å². The fourth-order valence-electron chi connectivity index (χ4n) is 2.31. The zero-order chi connectivity index (χ0) is 19.1. The fraction of sp³-hybridized carbons (Fsp3) is 0.0476. The van der Waals surface area contributed by atoms with Crippen LogP contribution in [0.5, 0.6) is 11.5 Å². The number of phenolic OH excluding ortho intramolecular Hbond substituents is 1. The van der Waals surface area contributed by atoms with Crippen LogP contribution in [0.25, 0.3) is 0 Å². The number of carbonyl (C=O) groups excluding carboxylic acids is 1. The number of nitrogens with one attached hydrogen (secondary N) is 1. The Morgan fingerprint density at radius 1 is 1.07 bits per heavy atom. The zero-order valence-electron chi connectivity index (χ0n) is 14.3. The number of nitrogens with zero attached hydrogens (tertiary/aromatic N) is 1. The van der Waals surface area contributed by atoms with Gasteiger partial charge in [0.1, 0.15) is 18.1 Å². The number of rotatable bonds is 6. The van der Waals surface area contributed by atoms with E-state index < -0.39 is 0 Å². The van der Waals surface area contributed by atoms with Gasteiger partial charge in [-0.1, -0.05) is 36.4 Å². The third-order valence-corrected chi connectivity index (χ3v) is 4.35. The highest BCUT2D eigenvalue weighted by molar-refractivity contribution is 9.10. The molecule has 0 aliphatic heterocycles. The summed E-state index contributed by atoms with van der Waals surface area (Å²) in [5.41, 5.74) is 4.60. The summed E-state index contributed by atoms with van der Waals surface area (Å²) in [7, 11) is 0. The van der Waals surface area contributed by atoms with Crippen molar-refractivity contribution < 1.29 is 14.6 Å². The number of benzene rings is 3. The van der Waals surface area contributed by atoms with Gasteiger partial charge in [0.05, 0.1) is 10.7 Å². The van der Waals surface area contributed by atoms with Gasteiger partial charge in [-0.05, 0) is 63.5 Å². The lowest BCUT2D eigenvalue weighted by Crippen LogP contribution is -2.17. The van der Waals surface area contributed by atoms with Gasteiger partial charge in [0, 0.05) is 5.56 Å². The number of aromatic hydroxyl groups is 1. The molecule has 0 heterocycles. The second-order valence-corrected chi connectivity index (χ2v) is 6.56. The van der Waals surface area contributed by atoms with Gasteiger partial charge in [0.25, 0.3) is 5.91 Å². The largest absolute Gasteiger partial charge is 0.508 e. The first-order valence-corrected chi connectivity index (χ1v) is 9.00. The molecule has 3 aromatic carbocycles. The Labute approximate surface area is 165 Å². The minimum absolute atomic E-state index is 0.144. The van der Waals surface area contributed by atoms with Crippen LogP contribution in [0.3, 0.4) is 0 Å². The van der Waals surface area contributed by atoms with Crippen molar-refractivity contribution in [1.82, 2.24) is 5.43 Å². The number of halogens is 1. The van der Waals surface area contributed by atoms with Crippen LogP contribution in [0, 0.1) is 0 Å². The van der Waals surface area contributed by atoms with E-state index in [0.717, 1.165) is 15.8 Å². The maximum atomic E-state index is 12.1. The van der Waals surface area contributed by atoms with Crippen LogP contribution in [0.1, 0.15) is 21.5 Å². The molecule has 0 saturated heterocycles. The maximum absolute atomic E-state index is 12.1. The average molecular weight is 425 g/mol. The predicted molar refractivity (Wildman–Crippen MR) is 108 cm³/mol. The molecule has 5 nitrogen and oxygen atoms in total. The van der Waals surface area contributed by atoms with E-state index >= 15 is 0 Å². The number of amides is 1. The molecule has 0 aliphatic rings. The first-order valence-electron chi connectivity index (χ1n) is 8.20. The van der Waals surface area contributed by atoms with Gasteiger partial charge < -0.3 is 9.84 Å². The number of hydrazone groups is 1. The smallest absolute Gasteiger partial charge is 0.271 e. The quantitative estimate of drug-likeness (QED) is 0.452. The van der Waals surface area contributed by atoms with Crippen LogP contribution < -0.4 is 10.2 Å². The molecule has 0 atom stereocenters. The first kappa shape index (κ1) is 18.7. The van der Waals surface area contributed by atoms with Gasteiger partial charge in [0.15, 0.2) is 0 Å². The van der Waals surface area contributed by atoms with Crippen molar-refractivity contribution >= 4 is 28.1 Å². The number of carbonyl (C=O) groups is 1. The van der Waals surface area contributed by atoms with Crippen LogP contribution >= 0.6 is 15.9 Å². The molecule has 0 fully saturated rings. The zero-order valence-corrected chi connectivity index (χ0v) is 15.9. The van der Waals surface area contributed by atoms with Gasteiger partial charge in [-0.2, -0.15) is 5.10 Å². The Hall–Kier alpha value is -3.12. The number of phenols is 1. The summed E-state index contributed by atoms with van der Waals surface area (Å²) in [6.45, 7) is 0.403. The molecule has 27 heavy (non-hydrogen) atoms. The van der Waals surface area contributed by atoms with Crippen molar-refractivity contribution in [3.63, 3.8) is 0 Å². The third-order valence-electron chi connectivity index (χ3n) is 3.70. The minimum atomic E-state index is -0.315. The second kappa shape index (κ2) is 9.00. The molecule has 0 radical (unpaired) electrons. The van der Waals surface area contributed by atoms with Crippen molar-refractivity contribution in [2.45, 2.75) is 6.61 Å². The van der Waals surface area contributed by atoms with Crippen molar-refractivity contribution in [1.29, 1.82) is 0 Å². The minimum Gasteiger partial charge on any atom is -0.508 e. The highest BCUT2D eigenvalue weighted by atomic mass is 79.9. The molecule has 0 unspecified atom stereocenters. The van der Waals surface area contributed by atoms with Gasteiger partial charge in [-0.15, -0.1) is 0 Å². The highest BCUT2D eigenvalue weighted by Gasteiger charge is 2.05. The molecule has 1 amide bonds. The third kappa shape index (κ3) is 5.43. The normalized spacial score (nSPS) is 10.7. The molecule has 6 heteroatoms. The number of ether oxygens (including phenoxy) is 1. The number of para-hydroxylation sites is 1. The summed E-state index contributed by atoms with van der Waals surface area (Å²) in [5.74, 6) is 0.593. The lowest BCUT2D eigenvalue weighted by molar-refractivity contribution is 0.0955. The molecular formula is C21H17BrN2O3. The second-order valence-electron chi connectivity index (χ2n) is 5.71. The Bertz CT molecular complexity index is 956. The van der Waals surface area contributed by atoms with Gasteiger partial charge in [-0.3, -0.25) is 4.79 Å². The molecule has 136 valence electrons. The summed E-state index contributed by atoms with van der Waals surface area (Å²) in [6.07, 6.45) is 1.47. The molecule has 2 N–H and O–H groups in total.